The van der Waals surface area contributed by atoms with Gasteiger partial charge in [0.15, 0.2) is 0 Å². The molecule has 0 amide bonds. The minimum atomic E-state index is -0.513. The van der Waals surface area contributed by atoms with Crippen LogP contribution in [0.15, 0.2) is 23.1 Å². The molecule has 0 aromatic heterocycles. The molecule has 1 aromatic rings. The summed E-state index contributed by atoms with van der Waals surface area (Å²) >= 11 is 5.01. The molecule has 88 valence electrons. The largest absolute Gasteiger partial charge is 0.207 e. The summed E-state index contributed by atoms with van der Waals surface area (Å²) in [5.74, 6) is -0.0596. The van der Waals surface area contributed by atoms with Crippen molar-refractivity contribution < 1.29 is 8.78 Å². The zero-order valence-corrected chi connectivity index (χ0v) is 11.2. The van der Waals surface area contributed by atoms with E-state index in [0.717, 1.165) is 17.1 Å². The molecule has 16 heavy (non-hydrogen) atoms. The summed E-state index contributed by atoms with van der Waals surface area (Å²) in [5.41, 5.74) is 0.325. The summed E-state index contributed by atoms with van der Waals surface area (Å²) in [6.07, 6.45) is 3.67. The Morgan fingerprint density at radius 3 is 2.56 bits per heavy atom. The van der Waals surface area contributed by atoms with Crippen LogP contribution in [0.2, 0.25) is 0 Å². The second-order valence-electron chi connectivity index (χ2n) is 4.35. The predicted octanol–water partition coefficient (Wildman–Crippen LogP) is 4.62. The molecule has 0 aliphatic heterocycles. The molecule has 0 radical (unpaired) electrons. The highest BCUT2D eigenvalue weighted by Gasteiger charge is 2.35. The molecule has 0 nitrogen and oxygen atoms in total. The fourth-order valence-electron chi connectivity index (χ4n) is 1.82. The van der Waals surface area contributed by atoms with Gasteiger partial charge in [0.2, 0.25) is 0 Å². The molecular formula is C12H13BrF2S. The van der Waals surface area contributed by atoms with Crippen molar-refractivity contribution in [1.82, 2.24) is 0 Å². The van der Waals surface area contributed by atoms with Crippen LogP contribution in [0.1, 0.15) is 19.3 Å². The van der Waals surface area contributed by atoms with Crippen LogP contribution in [0.5, 0.6) is 0 Å². The Bertz CT molecular complexity index is 372. The van der Waals surface area contributed by atoms with E-state index in [-0.39, 0.29) is 0 Å². The Morgan fingerprint density at radius 1 is 1.31 bits per heavy atom. The maximum atomic E-state index is 13.4. The van der Waals surface area contributed by atoms with E-state index in [1.807, 2.05) is 0 Å². The van der Waals surface area contributed by atoms with Gasteiger partial charge >= 0.3 is 0 Å². The molecule has 0 bridgehead atoms. The Balaban J connectivity index is 1.99. The van der Waals surface area contributed by atoms with Crippen molar-refractivity contribution >= 4 is 27.7 Å². The highest BCUT2D eigenvalue weighted by molar-refractivity contribution is 9.09. The summed E-state index contributed by atoms with van der Waals surface area (Å²) < 4.78 is 26.1. The van der Waals surface area contributed by atoms with Crippen molar-refractivity contribution in [3.63, 3.8) is 0 Å². The number of rotatable bonds is 4. The Hall–Kier alpha value is -0.0900. The van der Waals surface area contributed by atoms with E-state index >= 15 is 0 Å². The quantitative estimate of drug-likeness (QED) is 0.577. The van der Waals surface area contributed by atoms with Gasteiger partial charge in [-0.3, -0.25) is 0 Å². The lowest BCUT2D eigenvalue weighted by Crippen LogP contribution is -2.33. The second-order valence-corrected chi connectivity index (χ2v) is 5.93. The van der Waals surface area contributed by atoms with Crippen molar-refractivity contribution in [2.75, 3.05) is 11.1 Å². The van der Waals surface area contributed by atoms with Gasteiger partial charge in [0.25, 0.3) is 0 Å². The maximum absolute atomic E-state index is 13.4. The number of benzene rings is 1. The first-order valence-corrected chi connectivity index (χ1v) is 7.40. The molecule has 0 atom stereocenters. The zero-order valence-electron chi connectivity index (χ0n) is 8.81. The van der Waals surface area contributed by atoms with Gasteiger partial charge in [-0.2, -0.15) is 0 Å². The lowest BCUT2D eigenvalue weighted by atomic mass is 9.72. The fraction of sp³-hybridized carbons (Fsp3) is 0.500. The van der Waals surface area contributed by atoms with Gasteiger partial charge < -0.3 is 0 Å². The Morgan fingerprint density at radius 2 is 2.06 bits per heavy atom. The molecule has 0 unspecified atom stereocenters. The van der Waals surface area contributed by atoms with E-state index in [1.165, 1.54) is 43.2 Å². The Labute approximate surface area is 107 Å². The predicted molar refractivity (Wildman–Crippen MR) is 67.2 cm³/mol. The highest BCUT2D eigenvalue weighted by atomic mass is 79.9. The van der Waals surface area contributed by atoms with Crippen molar-refractivity contribution in [3.8, 4) is 0 Å². The number of hydrogen-bond donors (Lipinski definition) is 0. The van der Waals surface area contributed by atoms with E-state index in [0.29, 0.717) is 10.3 Å². The van der Waals surface area contributed by atoms with Crippen molar-refractivity contribution in [2.24, 2.45) is 5.41 Å². The number of halogens is 3. The maximum Gasteiger partial charge on any atom is 0.139 e. The smallest absolute Gasteiger partial charge is 0.139 e. The molecule has 1 aromatic carbocycles. The molecule has 1 fully saturated rings. The van der Waals surface area contributed by atoms with Crippen LogP contribution in [0, 0.1) is 17.0 Å². The van der Waals surface area contributed by atoms with E-state index in [2.05, 4.69) is 15.9 Å². The third-order valence-electron chi connectivity index (χ3n) is 3.13. The molecule has 0 saturated heterocycles. The minimum Gasteiger partial charge on any atom is -0.207 e. The fourth-order valence-corrected chi connectivity index (χ4v) is 4.05. The first kappa shape index (κ1) is 12.4. The van der Waals surface area contributed by atoms with Gasteiger partial charge in [0.05, 0.1) is 0 Å². The Kier molecular flexibility index (Phi) is 3.90. The van der Waals surface area contributed by atoms with Crippen LogP contribution in [0.25, 0.3) is 0 Å². The molecule has 1 saturated carbocycles. The summed E-state index contributed by atoms with van der Waals surface area (Å²) in [6, 6.07) is 3.78. The standard InChI is InChI=1S/C12H13BrF2S/c13-7-12(4-1-5-12)8-16-11-3-2-9(14)6-10(11)15/h2-3,6H,1,4-5,7-8H2. The third kappa shape index (κ3) is 2.59. The molecule has 0 heterocycles. The second kappa shape index (κ2) is 5.05. The molecule has 1 aliphatic rings. The SMILES string of the molecule is Fc1ccc(SCC2(CBr)CCC2)c(F)c1. The summed E-state index contributed by atoms with van der Waals surface area (Å²) in [7, 11) is 0. The first-order valence-electron chi connectivity index (χ1n) is 5.29. The number of alkyl halides is 1. The van der Waals surface area contributed by atoms with E-state index in [1.54, 1.807) is 0 Å². The molecule has 0 spiro atoms. The normalized spacial score (nSPS) is 18.2. The lowest BCUT2D eigenvalue weighted by molar-refractivity contribution is 0.206. The summed E-state index contributed by atoms with van der Waals surface area (Å²) in [4.78, 5) is 0.550. The highest BCUT2D eigenvalue weighted by Crippen LogP contribution is 2.46. The van der Waals surface area contributed by atoms with Crippen LogP contribution in [-0.4, -0.2) is 11.1 Å². The molecule has 0 N–H and O–H groups in total. The average Bonchev–Trinajstić information content (AvgIpc) is 2.19. The summed E-state index contributed by atoms with van der Waals surface area (Å²) in [6.45, 7) is 0. The van der Waals surface area contributed by atoms with E-state index < -0.39 is 11.6 Å². The van der Waals surface area contributed by atoms with Crippen LogP contribution in [0.3, 0.4) is 0 Å². The molecule has 2 rings (SSSR count). The molecule has 1 aliphatic carbocycles. The zero-order chi connectivity index (χ0) is 11.6. The van der Waals surface area contributed by atoms with Gasteiger partial charge in [0, 0.05) is 22.0 Å². The van der Waals surface area contributed by atoms with E-state index in [4.69, 9.17) is 0 Å². The van der Waals surface area contributed by atoms with Gasteiger partial charge in [-0.05, 0) is 30.4 Å². The van der Waals surface area contributed by atoms with Crippen LogP contribution in [0.4, 0.5) is 8.78 Å². The van der Waals surface area contributed by atoms with Crippen molar-refractivity contribution in [1.29, 1.82) is 0 Å². The number of hydrogen-bond acceptors (Lipinski definition) is 1. The topological polar surface area (TPSA) is 0 Å². The van der Waals surface area contributed by atoms with Gasteiger partial charge in [0.1, 0.15) is 11.6 Å². The van der Waals surface area contributed by atoms with Crippen molar-refractivity contribution in [3.05, 3.63) is 29.8 Å². The molecular weight excluding hydrogens is 294 g/mol. The van der Waals surface area contributed by atoms with Crippen molar-refractivity contribution in [2.45, 2.75) is 24.2 Å². The summed E-state index contributed by atoms with van der Waals surface area (Å²) in [5, 5.41) is 0.968. The van der Waals surface area contributed by atoms with Crippen LogP contribution < -0.4 is 0 Å². The van der Waals surface area contributed by atoms with Gasteiger partial charge in [-0.25, -0.2) is 8.78 Å². The van der Waals surface area contributed by atoms with Crippen LogP contribution in [-0.2, 0) is 0 Å². The monoisotopic (exact) mass is 306 g/mol. The third-order valence-corrected chi connectivity index (χ3v) is 5.71. The van der Waals surface area contributed by atoms with Gasteiger partial charge in [-0.15, -0.1) is 11.8 Å². The lowest BCUT2D eigenvalue weighted by Gasteiger charge is -2.40. The average molecular weight is 307 g/mol. The van der Waals surface area contributed by atoms with E-state index in [9.17, 15) is 8.78 Å². The number of thioether (sulfide) groups is 1. The minimum absolute atomic E-state index is 0.325. The van der Waals surface area contributed by atoms with Gasteiger partial charge in [-0.1, -0.05) is 22.4 Å². The first-order chi connectivity index (χ1) is 7.65. The van der Waals surface area contributed by atoms with Crippen LogP contribution >= 0.6 is 27.7 Å². The molecule has 4 heteroatoms.